The number of halogens is 4. The number of nitrogens with zero attached hydrogens (tertiary/aromatic N) is 1. The van der Waals surface area contributed by atoms with Crippen LogP contribution in [0.3, 0.4) is 0 Å². The van der Waals surface area contributed by atoms with Gasteiger partial charge in [0.05, 0.1) is 0 Å². The standard InChI is InChI=1S/C24H24ClF3N2O4/c25-16-1-3-18(4-2-16)33-20-9-10-30(11-20)23-13-22(14-23,15-23)29-21(31)12-32-17-5-7-19(8-6-17)34-24(26,27)28/h1-8,20H,9-15H2,(H,29,31). The van der Waals surface area contributed by atoms with Crippen molar-refractivity contribution in [3.05, 3.63) is 53.6 Å². The van der Waals surface area contributed by atoms with Crippen molar-refractivity contribution >= 4 is 17.5 Å². The summed E-state index contributed by atoms with van der Waals surface area (Å²) in [5.74, 6) is 0.531. The molecule has 0 radical (unpaired) electrons. The minimum atomic E-state index is -4.75. The van der Waals surface area contributed by atoms with Gasteiger partial charge in [-0.2, -0.15) is 0 Å². The zero-order valence-corrected chi connectivity index (χ0v) is 19.0. The second-order valence-corrected chi connectivity index (χ2v) is 9.76. The Labute approximate surface area is 199 Å². The van der Waals surface area contributed by atoms with Gasteiger partial charge in [0.25, 0.3) is 5.91 Å². The van der Waals surface area contributed by atoms with Crippen LogP contribution in [0.1, 0.15) is 25.7 Å². The maximum atomic E-state index is 12.4. The topological polar surface area (TPSA) is 60.0 Å². The molecule has 0 aromatic heterocycles. The summed E-state index contributed by atoms with van der Waals surface area (Å²) in [5.41, 5.74) is -0.0411. The van der Waals surface area contributed by atoms with E-state index in [1.165, 1.54) is 12.1 Å². The molecular weight excluding hydrogens is 473 g/mol. The molecule has 0 spiro atoms. The van der Waals surface area contributed by atoms with Crippen molar-refractivity contribution in [1.82, 2.24) is 10.2 Å². The van der Waals surface area contributed by atoms with Crippen LogP contribution in [0.15, 0.2) is 48.5 Å². The zero-order chi connectivity index (χ0) is 24.0. The Morgan fingerprint density at radius 2 is 1.65 bits per heavy atom. The van der Waals surface area contributed by atoms with Crippen molar-refractivity contribution in [3.63, 3.8) is 0 Å². The highest BCUT2D eigenvalue weighted by atomic mass is 35.5. The Morgan fingerprint density at radius 3 is 2.29 bits per heavy atom. The summed E-state index contributed by atoms with van der Waals surface area (Å²) in [6.45, 7) is 1.64. The average molecular weight is 497 g/mol. The monoisotopic (exact) mass is 496 g/mol. The van der Waals surface area contributed by atoms with Gasteiger partial charge in [0.2, 0.25) is 0 Å². The van der Waals surface area contributed by atoms with Gasteiger partial charge in [-0.05, 0) is 74.2 Å². The molecule has 182 valence electrons. The third-order valence-electron chi connectivity index (χ3n) is 6.77. The molecule has 2 aromatic carbocycles. The third-order valence-corrected chi connectivity index (χ3v) is 7.02. The number of ether oxygens (including phenoxy) is 3. The molecule has 1 unspecified atom stereocenters. The van der Waals surface area contributed by atoms with Crippen molar-refractivity contribution in [3.8, 4) is 17.2 Å². The van der Waals surface area contributed by atoms with Crippen molar-refractivity contribution in [2.45, 2.75) is 49.2 Å². The summed E-state index contributed by atoms with van der Waals surface area (Å²) in [5, 5.41) is 3.75. The molecule has 3 saturated carbocycles. The quantitative estimate of drug-likeness (QED) is 0.580. The second kappa shape index (κ2) is 8.53. The van der Waals surface area contributed by atoms with Gasteiger partial charge < -0.3 is 19.5 Å². The number of hydrogen-bond donors (Lipinski definition) is 1. The lowest BCUT2D eigenvalue weighted by Crippen LogP contribution is -2.83. The van der Waals surface area contributed by atoms with Crippen LogP contribution >= 0.6 is 11.6 Å². The van der Waals surface area contributed by atoms with Crippen LogP contribution in [0.25, 0.3) is 0 Å². The molecule has 6 nitrogen and oxygen atoms in total. The first-order valence-corrected chi connectivity index (χ1v) is 11.5. The van der Waals surface area contributed by atoms with Crippen LogP contribution in [0.4, 0.5) is 13.2 Å². The Morgan fingerprint density at radius 1 is 1.03 bits per heavy atom. The van der Waals surface area contributed by atoms with Crippen LogP contribution < -0.4 is 19.5 Å². The van der Waals surface area contributed by atoms with E-state index in [0.717, 1.165) is 56.7 Å². The van der Waals surface area contributed by atoms with Crippen molar-refractivity contribution < 1.29 is 32.2 Å². The second-order valence-electron chi connectivity index (χ2n) is 9.32. The van der Waals surface area contributed by atoms with Gasteiger partial charge in [-0.1, -0.05) is 11.6 Å². The fraction of sp³-hybridized carbons (Fsp3) is 0.458. The van der Waals surface area contributed by atoms with E-state index >= 15 is 0 Å². The fourth-order valence-corrected chi connectivity index (χ4v) is 5.51. The number of alkyl halides is 3. The molecule has 1 N–H and O–H groups in total. The molecule has 3 aliphatic carbocycles. The zero-order valence-electron chi connectivity index (χ0n) is 18.2. The Kier molecular flexibility index (Phi) is 5.80. The first-order valence-electron chi connectivity index (χ1n) is 11.1. The number of benzene rings is 2. The maximum Gasteiger partial charge on any atom is 0.573 e. The molecule has 10 heteroatoms. The smallest absolute Gasteiger partial charge is 0.489 e. The molecule has 2 aromatic rings. The van der Waals surface area contributed by atoms with E-state index in [1.54, 1.807) is 0 Å². The lowest BCUT2D eigenvalue weighted by molar-refractivity contribution is -0.274. The Hall–Kier alpha value is -2.65. The molecule has 2 bridgehead atoms. The highest BCUT2D eigenvalue weighted by Gasteiger charge is 2.71. The molecule has 1 heterocycles. The highest BCUT2D eigenvalue weighted by Crippen LogP contribution is 2.64. The Balaban J connectivity index is 1.04. The number of hydrogen-bond acceptors (Lipinski definition) is 5. The predicted octanol–water partition coefficient (Wildman–Crippen LogP) is 4.56. The van der Waals surface area contributed by atoms with E-state index < -0.39 is 6.36 Å². The van der Waals surface area contributed by atoms with Gasteiger partial charge in [0.1, 0.15) is 23.4 Å². The summed E-state index contributed by atoms with van der Waals surface area (Å²) in [6.07, 6.45) is -0.928. The molecule has 6 rings (SSSR count). The van der Waals surface area contributed by atoms with E-state index in [4.69, 9.17) is 21.1 Å². The number of carbonyl (C=O) groups is 1. The van der Waals surface area contributed by atoms with Crippen LogP contribution in [-0.4, -0.2) is 54.0 Å². The van der Waals surface area contributed by atoms with Gasteiger partial charge in [-0.3, -0.25) is 9.69 Å². The fourth-order valence-electron chi connectivity index (χ4n) is 5.38. The summed E-state index contributed by atoms with van der Waals surface area (Å²) in [4.78, 5) is 14.8. The van der Waals surface area contributed by atoms with Gasteiger partial charge in [0.15, 0.2) is 6.61 Å². The number of likely N-dealkylation sites (tertiary alicyclic amines) is 1. The van der Waals surface area contributed by atoms with Crippen molar-refractivity contribution in [1.29, 1.82) is 0 Å². The van der Waals surface area contributed by atoms with Gasteiger partial charge >= 0.3 is 6.36 Å². The summed E-state index contributed by atoms with van der Waals surface area (Å²) in [7, 11) is 0. The maximum absolute atomic E-state index is 12.4. The number of amides is 1. The number of nitrogens with one attached hydrogen (secondary N) is 1. The van der Waals surface area contributed by atoms with Gasteiger partial charge in [0, 0.05) is 29.2 Å². The minimum Gasteiger partial charge on any atom is -0.489 e. The SMILES string of the molecule is O=C(COc1ccc(OC(F)(F)F)cc1)NC12CC(N3CCC(Oc4ccc(Cl)cc4)C3)(C1)C2. The van der Waals surface area contributed by atoms with E-state index in [1.807, 2.05) is 24.3 Å². The van der Waals surface area contributed by atoms with Gasteiger partial charge in [-0.15, -0.1) is 13.2 Å². The minimum absolute atomic E-state index is 0.139. The van der Waals surface area contributed by atoms with Crippen LogP contribution in [0.2, 0.25) is 5.02 Å². The molecule has 1 amide bonds. The van der Waals surface area contributed by atoms with Gasteiger partial charge in [-0.25, -0.2) is 0 Å². The van der Waals surface area contributed by atoms with Crippen molar-refractivity contribution in [2.24, 2.45) is 0 Å². The largest absolute Gasteiger partial charge is 0.573 e. The predicted molar refractivity (Wildman–Crippen MR) is 118 cm³/mol. The van der Waals surface area contributed by atoms with E-state index in [0.29, 0.717) is 10.8 Å². The van der Waals surface area contributed by atoms with Crippen LogP contribution in [0, 0.1) is 0 Å². The third kappa shape index (κ3) is 4.90. The lowest BCUT2D eigenvalue weighted by atomic mass is 9.43. The normalized spacial score (nSPS) is 27.9. The Bertz CT molecular complexity index is 1030. The molecule has 34 heavy (non-hydrogen) atoms. The molecular formula is C24H24ClF3N2O4. The summed E-state index contributed by atoms with van der Waals surface area (Å²) < 4.78 is 52.0. The molecule has 1 atom stereocenters. The molecule has 1 aliphatic heterocycles. The number of carbonyl (C=O) groups excluding carboxylic acids is 1. The highest BCUT2D eigenvalue weighted by molar-refractivity contribution is 6.30. The van der Waals surface area contributed by atoms with Crippen molar-refractivity contribution in [2.75, 3.05) is 19.7 Å². The first kappa shape index (κ1) is 23.1. The molecule has 4 aliphatic rings. The first-order chi connectivity index (χ1) is 16.1. The number of rotatable bonds is 8. The van der Waals surface area contributed by atoms with E-state index in [9.17, 15) is 18.0 Å². The average Bonchev–Trinajstić information content (AvgIpc) is 3.18. The van der Waals surface area contributed by atoms with Crippen LogP contribution in [-0.2, 0) is 4.79 Å². The molecule has 4 fully saturated rings. The molecule has 1 saturated heterocycles. The summed E-state index contributed by atoms with van der Waals surface area (Å²) >= 11 is 5.93. The van der Waals surface area contributed by atoms with Crippen LogP contribution in [0.5, 0.6) is 17.2 Å². The lowest BCUT2D eigenvalue weighted by Gasteiger charge is -2.73. The van der Waals surface area contributed by atoms with E-state index in [-0.39, 0.29) is 35.4 Å². The van der Waals surface area contributed by atoms with E-state index in [2.05, 4.69) is 15.0 Å². The summed E-state index contributed by atoms with van der Waals surface area (Å²) in [6, 6.07) is 12.3.